The maximum Gasteiger partial charge on any atom is 0.0602 e. The van der Waals surface area contributed by atoms with E-state index >= 15 is 0 Å². The van der Waals surface area contributed by atoms with E-state index in [0.29, 0.717) is 5.69 Å². The van der Waals surface area contributed by atoms with Crippen LogP contribution in [0, 0.1) is 6.07 Å². The van der Waals surface area contributed by atoms with Gasteiger partial charge in [-0.25, -0.2) is 0 Å². The lowest BCUT2D eigenvalue weighted by molar-refractivity contribution is 0.389. The van der Waals surface area contributed by atoms with E-state index in [1.165, 1.54) is 0 Å². The lowest BCUT2D eigenvalue weighted by Crippen LogP contribution is -1.85. The van der Waals surface area contributed by atoms with Crippen molar-refractivity contribution >= 4 is 5.69 Å². The molecule has 0 fully saturated rings. The third-order valence-electron chi connectivity index (χ3n) is 0.847. The van der Waals surface area contributed by atoms with Crippen molar-refractivity contribution in [3.63, 3.8) is 0 Å². The molecule has 9 heavy (non-hydrogen) atoms. The number of hydrogen-bond acceptors (Lipinski definition) is 2. The number of nitrogens with one attached hydrogen (secondary N) is 1. The fourth-order valence-electron chi connectivity index (χ4n) is 0.461. The van der Waals surface area contributed by atoms with Crippen LogP contribution in [-0.4, -0.2) is 10.7 Å². The molecular formula is C6H7NO2. The maximum absolute atomic E-state index is 8.27. The largest absolute Gasteiger partial charge is 0.291 e. The van der Waals surface area contributed by atoms with Crippen LogP contribution in [0.5, 0.6) is 0 Å². The number of benzene rings is 1. The van der Waals surface area contributed by atoms with Crippen LogP contribution in [-0.2, 0) is 0 Å². The molecule has 0 aliphatic rings. The molecule has 0 amide bonds. The second-order valence-corrected chi connectivity index (χ2v) is 1.40. The monoisotopic (exact) mass is 125 g/mol. The molecule has 1 rings (SSSR count). The molecule has 0 bridgehead atoms. The molecule has 0 aromatic heterocycles. The fourth-order valence-corrected chi connectivity index (χ4v) is 0.461. The Morgan fingerprint density at radius 2 is 1.89 bits per heavy atom. The Morgan fingerprint density at radius 1 is 1.33 bits per heavy atom. The van der Waals surface area contributed by atoms with Crippen molar-refractivity contribution in [3.8, 4) is 0 Å². The van der Waals surface area contributed by atoms with Crippen molar-refractivity contribution in [1.29, 1.82) is 0 Å². The highest BCUT2D eigenvalue weighted by molar-refractivity contribution is 5.39. The van der Waals surface area contributed by atoms with Crippen molar-refractivity contribution in [1.82, 2.24) is 0 Å². The average Bonchev–Trinajstić information content (AvgIpc) is 1.90. The molecule has 3 heteroatoms. The van der Waals surface area contributed by atoms with Crippen LogP contribution in [0.25, 0.3) is 0 Å². The first-order chi connectivity index (χ1) is 3.93. The lowest BCUT2D eigenvalue weighted by atomic mass is 10.3. The Hall–Kier alpha value is -1.06. The Kier molecular flexibility index (Phi) is 3.43. The van der Waals surface area contributed by atoms with Crippen LogP contribution in [0.15, 0.2) is 24.3 Å². The van der Waals surface area contributed by atoms with Gasteiger partial charge in [0.1, 0.15) is 0 Å². The molecule has 0 spiro atoms. The van der Waals surface area contributed by atoms with Gasteiger partial charge in [-0.3, -0.25) is 16.2 Å². The van der Waals surface area contributed by atoms with Crippen molar-refractivity contribution in [2.75, 3.05) is 5.48 Å². The number of rotatable bonds is 1. The van der Waals surface area contributed by atoms with E-state index in [2.05, 4.69) is 6.07 Å². The predicted octanol–water partition coefficient (Wildman–Crippen LogP) is 1.11. The zero-order valence-corrected chi connectivity index (χ0v) is 4.70. The van der Waals surface area contributed by atoms with Crippen LogP contribution in [0.1, 0.15) is 0 Å². The van der Waals surface area contributed by atoms with E-state index in [9.17, 15) is 0 Å². The lowest BCUT2D eigenvalue weighted by Gasteiger charge is -1.92. The van der Waals surface area contributed by atoms with Gasteiger partial charge in [0.25, 0.3) is 0 Å². The summed E-state index contributed by atoms with van der Waals surface area (Å²) in [4.78, 5) is 0. The van der Waals surface area contributed by atoms with Crippen molar-refractivity contribution in [2.24, 2.45) is 0 Å². The first kappa shape index (κ1) is 7.94. The van der Waals surface area contributed by atoms with Gasteiger partial charge in [-0.1, -0.05) is 12.1 Å². The molecule has 1 aromatic carbocycles. The molecule has 48 valence electrons. The Labute approximate surface area is 53.2 Å². The second kappa shape index (κ2) is 3.88. The number of hydrogen-bond donors (Lipinski definition) is 3. The molecule has 3 nitrogen and oxygen atoms in total. The SMILES string of the molecule is ONc1cc[c]cc1.[OH]. The maximum atomic E-state index is 8.27. The van der Waals surface area contributed by atoms with E-state index in [1.54, 1.807) is 24.3 Å². The van der Waals surface area contributed by atoms with Gasteiger partial charge in [0, 0.05) is 0 Å². The minimum Gasteiger partial charge on any atom is -0.291 e. The minimum atomic E-state index is 0. The smallest absolute Gasteiger partial charge is 0.0602 e. The van der Waals surface area contributed by atoms with Crippen molar-refractivity contribution < 1.29 is 10.7 Å². The van der Waals surface area contributed by atoms with Gasteiger partial charge in [0.15, 0.2) is 0 Å². The summed E-state index contributed by atoms with van der Waals surface area (Å²) in [6.45, 7) is 0. The first-order valence-electron chi connectivity index (χ1n) is 2.29. The highest BCUT2D eigenvalue weighted by Gasteiger charge is 1.79. The highest BCUT2D eigenvalue weighted by Crippen LogP contribution is 2.00. The molecule has 0 saturated carbocycles. The molecule has 3 N–H and O–H groups in total. The van der Waals surface area contributed by atoms with E-state index in [-0.39, 0.29) is 5.48 Å². The molecular weight excluding hydrogens is 118 g/mol. The standard InChI is InChI=1S/C6H6NO.HO/c8-7-6-4-2-1-3-5-6;/h2-5,7-8H;1H. The zero-order chi connectivity index (χ0) is 5.82. The zero-order valence-electron chi connectivity index (χ0n) is 4.70. The topological polar surface area (TPSA) is 62.3 Å². The molecule has 0 atom stereocenters. The third-order valence-corrected chi connectivity index (χ3v) is 0.847. The molecule has 0 saturated heterocycles. The van der Waals surface area contributed by atoms with Crippen LogP contribution < -0.4 is 5.48 Å². The molecule has 0 aliphatic carbocycles. The fraction of sp³-hybridized carbons (Fsp3) is 0. The Bertz CT molecular complexity index is 152. The van der Waals surface area contributed by atoms with Gasteiger partial charge in [-0.2, -0.15) is 0 Å². The normalized spacial score (nSPS) is 7.67. The van der Waals surface area contributed by atoms with Gasteiger partial charge < -0.3 is 0 Å². The highest BCUT2D eigenvalue weighted by atomic mass is 16.5. The van der Waals surface area contributed by atoms with Crippen molar-refractivity contribution in [2.45, 2.75) is 0 Å². The predicted molar refractivity (Wildman–Crippen MR) is 32.6 cm³/mol. The molecule has 2 radical (unpaired) electrons. The Morgan fingerprint density at radius 3 is 2.22 bits per heavy atom. The molecule has 0 heterocycles. The summed E-state index contributed by atoms with van der Waals surface area (Å²) in [7, 11) is 0. The third kappa shape index (κ3) is 2.12. The quantitative estimate of drug-likeness (QED) is 0.492. The van der Waals surface area contributed by atoms with Gasteiger partial charge in [0.05, 0.1) is 5.69 Å². The van der Waals surface area contributed by atoms with Crippen LogP contribution in [0.2, 0.25) is 0 Å². The molecule has 0 aliphatic heterocycles. The summed E-state index contributed by atoms with van der Waals surface area (Å²) < 4.78 is 0. The van der Waals surface area contributed by atoms with E-state index in [0.717, 1.165) is 0 Å². The summed E-state index contributed by atoms with van der Waals surface area (Å²) in [5, 5.41) is 8.27. The second-order valence-electron chi connectivity index (χ2n) is 1.40. The summed E-state index contributed by atoms with van der Waals surface area (Å²) in [6.07, 6.45) is 0. The summed E-state index contributed by atoms with van der Waals surface area (Å²) >= 11 is 0. The minimum absolute atomic E-state index is 0. The van der Waals surface area contributed by atoms with E-state index in [1.807, 2.05) is 5.48 Å². The Balaban J connectivity index is 0.000000640. The van der Waals surface area contributed by atoms with Crippen LogP contribution in [0.4, 0.5) is 5.69 Å². The average molecular weight is 125 g/mol. The summed E-state index contributed by atoms with van der Waals surface area (Å²) in [6, 6.07) is 9.70. The summed E-state index contributed by atoms with van der Waals surface area (Å²) in [5.41, 5.74) is 2.69. The van der Waals surface area contributed by atoms with Gasteiger partial charge in [0.2, 0.25) is 0 Å². The van der Waals surface area contributed by atoms with Gasteiger partial charge >= 0.3 is 0 Å². The molecule has 1 aromatic rings. The van der Waals surface area contributed by atoms with E-state index < -0.39 is 0 Å². The molecule has 0 unspecified atom stereocenters. The van der Waals surface area contributed by atoms with Crippen LogP contribution >= 0.6 is 0 Å². The first-order valence-corrected chi connectivity index (χ1v) is 2.29. The number of anilines is 1. The van der Waals surface area contributed by atoms with E-state index in [4.69, 9.17) is 5.21 Å². The van der Waals surface area contributed by atoms with Crippen LogP contribution in [0.3, 0.4) is 0 Å². The van der Waals surface area contributed by atoms with Crippen molar-refractivity contribution in [3.05, 3.63) is 30.3 Å². The van der Waals surface area contributed by atoms with Gasteiger partial charge in [-0.15, -0.1) is 0 Å². The summed E-state index contributed by atoms with van der Waals surface area (Å²) in [5.74, 6) is 0. The van der Waals surface area contributed by atoms with Gasteiger partial charge in [-0.05, 0) is 18.2 Å².